The smallest absolute Gasteiger partial charge is 0.210 e. The second-order valence-corrected chi connectivity index (χ2v) is 4.29. The quantitative estimate of drug-likeness (QED) is 0.855. The predicted octanol–water partition coefficient (Wildman–Crippen LogP) is 1.45. The van der Waals surface area contributed by atoms with Crippen LogP contribution in [-0.4, -0.2) is 21.3 Å². The molecule has 2 aromatic rings. The summed E-state index contributed by atoms with van der Waals surface area (Å²) in [4.78, 5) is 4.25. The number of aryl methyl sites for hydroxylation is 1. The molecule has 15 heavy (non-hydrogen) atoms. The summed E-state index contributed by atoms with van der Waals surface area (Å²) in [5.74, 6) is 0. The Morgan fingerprint density at radius 2 is 2.27 bits per heavy atom. The molecule has 0 aliphatic rings. The lowest BCUT2D eigenvalue weighted by Crippen LogP contribution is -2.05. The summed E-state index contributed by atoms with van der Waals surface area (Å²) in [6.07, 6.45) is 2.67. The summed E-state index contributed by atoms with van der Waals surface area (Å²) < 4.78 is 1.89. The Labute approximate surface area is 92.8 Å². The number of hydrogen-bond donors (Lipinski definition) is 1. The van der Waals surface area contributed by atoms with Crippen LogP contribution in [0.1, 0.15) is 17.0 Å². The van der Waals surface area contributed by atoms with Crippen molar-refractivity contribution in [3.05, 3.63) is 28.5 Å². The Hall–Kier alpha value is -1.20. The van der Waals surface area contributed by atoms with Gasteiger partial charge in [-0.3, -0.25) is 0 Å². The lowest BCUT2D eigenvalue weighted by atomic mass is 10.1. The molecule has 0 atom stereocenters. The second kappa shape index (κ2) is 4.12. The van der Waals surface area contributed by atoms with Crippen LogP contribution in [0.4, 0.5) is 0 Å². The Bertz CT molecular complexity index is 444. The lowest BCUT2D eigenvalue weighted by molar-refractivity contribution is 0.823. The van der Waals surface area contributed by atoms with Crippen LogP contribution in [0.15, 0.2) is 11.6 Å². The van der Waals surface area contributed by atoms with Crippen LogP contribution in [0.25, 0.3) is 5.13 Å². The van der Waals surface area contributed by atoms with Gasteiger partial charge in [0.2, 0.25) is 5.13 Å². The second-order valence-electron chi connectivity index (χ2n) is 3.41. The SMILES string of the molecule is Cc1nn(-c2nccs2)c(C)c1CCN. The first-order valence-electron chi connectivity index (χ1n) is 4.89. The van der Waals surface area contributed by atoms with Gasteiger partial charge in [-0.05, 0) is 32.4 Å². The van der Waals surface area contributed by atoms with Crippen LogP contribution in [0.2, 0.25) is 0 Å². The number of nitrogens with two attached hydrogens (primary N) is 1. The van der Waals surface area contributed by atoms with Gasteiger partial charge >= 0.3 is 0 Å². The van der Waals surface area contributed by atoms with Crippen molar-refractivity contribution >= 4 is 11.3 Å². The highest BCUT2D eigenvalue weighted by molar-refractivity contribution is 7.12. The summed E-state index contributed by atoms with van der Waals surface area (Å²) in [5, 5.41) is 7.35. The summed E-state index contributed by atoms with van der Waals surface area (Å²) in [6, 6.07) is 0. The summed E-state index contributed by atoms with van der Waals surface area (Å²) in [6.45, 7) is 4.74. The monoisotopic (exact) mass is 222 g/mol. The minimum absolute atomic E-state index is 0.658. The fourth-order valence-corrected chi connectivity index (χ4v) is 2.33. The van der Waals surface area contributed by atoms with E-state index >= 15 is 0 Å². The van der Waals surface area contributed by atoms with E-state index in [9.17, 15) is 0 Å². The average Bonchev–Trinajstić information content (AvgIpc) is 2.81. The fraction of sp³-hybridized carbons (Fsp3) is 0.400. The van der Waals surface area contributed by atoms with Crippen molar-refractivity contribution in [3.63, 3.8) is 0 Å². The van der Waals surface area contributed by atoms with E-state index in [0.717, 1.165) is 22.9 Å². The number of thiazole rings is 1. The Morgan fingerprint density at radius 3 is 2.87 bits per heavy atom. The highest BCUT2D eigenvalue weighted by Gasteiger charge is 2.12. The zero-order valence-electron chi connectivity index (χ0n) is 8.90. The Kier molecular flexibility index (Phi) is 2.83. The highest BCUT2D eigenvalue weighted by atomic mass is 32.1. The van der Waals surface area contributed by atoms with Crippen molar-refractivity contribution in [1.29, 1.82) is 0 Å². The van der Waals surface area contributed by atoms with Gasteiger partial charge in [-0.1, -0.05) is 0 Å². The van der Waals surface area contributed by atoms with Crippen LogP contribution in [0.3, 0.4) is 0 Å². The van der Waals surface area contributed by atoms with E-state index in [0.29, 0.717) is 6.54 Å². The van der Waals surface area contributed by atoms with Gasteiger partial charge in [0, 0.05) is 17.3 Å². The molecule has 2 N–H and O–H groups in total. The molecule has 0 saturated carbocycles. The largest absolute Gasteiger partial charge is 0.330 e. The number of hydrogen-bond acceptors (Lipinski definition) is 4. The van der Waals surface area contributed by atoms with Gasteiger partial charge in [0.25, 0.3) is 0 Å². The average molecular weight is 222 g/mol. The van der Waals surface area contributed by atoms with Crippen molar-refractivity contribution in [1.82, 2.24) is 14.8 Å². The molecule has 0 spiro atoms. The topological polar surface area (TPSA) is 56.7 Å². The molecule has 4 nitrogen and oxygen atoms in total. The zero-order chi connectivity index (χ0) is 10.8. The van der Waals surface area contributed by atoms with Gasteiger partial charge in [-0.15, -0.1) is 11.3 Å². The molecule has 0 amide bonds. The van der Waals surface area contributed by atoms with Gasteiger partial charge in [0.15, 0.2) is 0 Å². The maximum absolute atomic E-state index is 5.58. The van der Waals surface area contributed by atoms with Crippen LogP contribution in [-0.2, 0) is 6.42 Å². The summed E-state index contributed by atoms with van der Waals surface area (Å²) >= 11 is 1.59. The molecule has 2 rings (SSSR count). The zero-order valence-corrected chi connectivity index (χ0v) is 9.71. The van der Waals surface area contributed by atoms with Gasteiger partial charge < -0.3 is 5.73 Å². The first-order valence-corrected chi connectivity index (χ1v) is 5.77. The molecule has 80 valence electrons. The van der Waals surface area contributed by atoms with Crippen molar-refractivity contribution in [2.24, 2.45) is 5.73 Å². The summed E-state index contributed by atoms with van der Waals surface area (Å²) in [5.41, 5.74) is 9.01. The molecule has 0 fully saturated rings. The van der Waals surface area contributed by atoms with E-state index in [4.69, 9.17) is 5.73 Å². The molecule has 2 heterocycles. The minimum atomic E-state index is 0.658. The van der Waals surface area contributed by atoms with Gasteiger partial charge in [-0.2, -0.15) is 5.10 Å². The third-order valence-electron chi connectivity index (χ3n) is 2.44. The standard InChI is InChI=1S/C10H14N4S/c1-7-9(3-4-11)8(2)14(13-7)10-12-5-6-15-10/h5-6H,3-4,11H2,1-2H3. The maximum Gasteiger partial charge on any atom is 0.210 e. The normalized spacial score (nSPS) is 10.9. The molecule has 0 unspecified atom stereocenters. The maximum atomic E-state index is 5.58. The van der Waals surface area contributed by atoms with E-state index in [-0.39, 0.29) is 0 Å². The molecule has 0 radical (unpaired) electrons. The third-order valence-corrected chi connectivity index (χ3v) is 3.18. The first-order chi connectivity index (χ1) is 7.24. The molecule has 0 aliphatic carbocycles. The molecule has 0 bridgehead atoms. The van der Waals surface area contributed by atoms with E-state index < -0.39 is 0 Å². The van der Waals surface area contributed by atoms with E-state index in [1.54, 1.807) is 17.5 Å². The van der Waals surface area contributed by atoms with Gasteiger partial charge in [0.1, 0.15) is 0 Å². The third kappa shape index (κ3) is 1.80. The van der Waals surface area contributed by atoms with Crippen molar-refractivity contribution in [2.75, 3.05) is 6.54 Å². The predicted molar refractivity (Wildman–Crippen MR) is 61.5 cm³/mol. The minimum Gasteiger partial charge on any atom is -0.330 e. The van der Waals surface area contributed by atoms with Crippen LogP contribution in [0, 0.1) is 13.8 Å². The molecular formula is C10H14N4S. The Balaban J connectivity index is 2.46. The molecule has 0 saturated heterocycles. The highest BCUT2D eigenvalue weighted by Crippen LogP contribution is 2.19. The van der Waals surface area contributed by atoms with E-state index in [1.807, 2.05) is 17.0 Å². The van der Waals surface area contributed by atoms with Gasteiger partial charge in [0.05, 0.1) is 5.69 Å². The van der Waals surface area contributed by atoms with Gasteiger partial charge in [-0.25, -0.2) is 9.67 Å². The van der Waals surface area contributed by atoms with Crippen LogP contribution in [0.5, 0.6) is 0 Å². The molecule has 0 aromatic carbocycles. The molecular weight excluding hydrogens is 208 g/mol. The van der Waals surface area contributed by atoms with E-state index in [2.05, 4.69) is 17.0 Å². The molecule has 5 heteroatoms. The van der Waals surface area contributed by atoms with Crippen LogP contribution >= 0.6 is 11.3 Å². The lowest BCUT2D eigenvalue weighted by Gasteiger charge is -2.00. The number of rotatable bonds is 3. The Morgan fingerprint density at radius 1 is 1.47 bits per heavy atom. The molecule has 2 aromatic heterocycles. The van der Waals surface area contributed by atoms with Crippen molar-refractivity contribution in [3.8, 4) is 5.13 Å². The first kappa shape index (κ1) is 10.3. The van der Waals surface area contributed by atoms with E-state index in [1.165, 1.54) is 5.56 Å². The molecule has 0 aliphatic heterocycles. The van der Waals surface area contributed by atoms with Crippen molar-refractivity contribution < 1.29 is 0 Å². The van der Waals surface area contributed by atoms with Crippen molar-refractivity contribution in [2.45, 2.75) is 20.3 Å². The fourth-order valence-electron chi connectivity index (χ4n) is 1.69. The summed E-state index contributed by atoms with van der Waals surface area (Å²) in [7, 11) is 0. The number of aromatic nitrogens is 3. The van der Waals surface area contributed by atoms with Crippen LogP contribution < -0.4 is 5.73 Å². The number of nitrogens with zero attached hydrogens (tertiary/aromatic N) is 3.